The summed E-state index contributed by atoms with van der Waals surface area (Å²) in [5, 5.41) is 0. The average Bonchev–Trinajstić information content (AvgIpc) is 2.44. The maximum atomic E-state index is 13.5. The lowest BCUT2D eigenvalue weighted by atomic mass is 10.0. The summed E-state index contributed by atoms with van der Waals surface area (Å²) in [6.07, 6.45) is -0.678. The molecule has 1 heterocycles. The summed E-state index contributed by atoms with van der Waals surface area (Å²) in [4.78, 5) is 14.2. The highest BCUT2D eigenvalue weighted by Crippen LogP contribution is 2.15. The number of carbonyl (C=O) groups excluding carboxylic acids is 1. The number of ketones is 1. The van der Waals surface area contributed by atoms with E-state index in [1.54, 1.807) is 0 Å². The second-order valence-electron chi connectivity index (χ2n) is 4.61. The molecular weight excluding hydrogens is 252 g/mol. The smallest absolute Gasteiger partial charge is 0.167 e. The fraction of sp³-hybridized carbons (Fsp3) is 0.500. The van der Waals surface area contributed by atoms with Gasteiger partial charge in [-0.3, -0.25) is 9.69 Å². The predicted octanol–water partition coefficient (Wildman–Crippen LogP) is 1.80. The molecule has 0 saturated carbocycles. The van der Waals surface area contributed by atoms with Crippen molar-refractivity contribution in [3.05, 3.63) is 35.4 Å². The Morgan fingerprint density at radius 2 is 2.26 bits per heavy atom. The molecule has 0 aliphatic carbocycles. The minimum Gasteiger partial charge on any atom is -0.368 e. The van der Waals surface area contributed by atoms with Crippen LogP contribution in [-0.2, 0) is 16.0 Å². The number of halogens is 2. The lowest BCUT2D eigenvalue weighted by molar-refractivity contribution is -0.135. The summed E-state index contributed by atoms with van der Waals surface area (Å²) in [5.41, 5.74) is 0.0854. The molecule has 1 aliphatic heterocycles. The second-order valence-corrected chi connectivity index (χ2v) is 4.61. The third-order valence-corrected chi connectivity index (χ3v) is 3.35. The van der Waals surface area contributed by atoms with Gasteiger partial charge in [-0.25, -0.2) is 8.78 Å². The lowest BCUT2D eigenvalue weighted by Gasteiger charge is -2.31. The molecule has 0 radical (unpaired) electrons. The summed E-state index contributed by atoms with van der Waals surface area (Å²) in [6.45, 7) is 4.68. The molecule has 1 saturated heterocycles. The first-order valence-electron chi connectivity index (χ1n) is 6.41. The minimum absolute atomic E-state index is 0.0854. The Hall–Kier alpha value is -1.33. The number of likely N-dealkylation sites (N-methyl/N-ethyl adjacent to an activating group) is 1. The fourth-order valence-corrected chi connectivity index (χ4v) is 2.17. The number of carbonyl (C=O) groups is 1. The first-order valence-corrected chi connectivity index (χ1v) is 6.41. The van der Waals surface area contributed by atoms with E-state index in [1.165, 1.54) is 12.1 Å². The van der Waals surface area contributed by atoms with Crippen LogP contribution in [-0.4, -0.2) is 43.0 Å². The van der Waals surface area contributed by atoms with Gasteiger partial charge in [-0.1, -0.05) is 19.1 Å². The van der Waals surface area contributed by atoms with Gasteiger partial charge in [0.2, 0.25) is 0 Å². The SMILES string of the molecule is CCN1CCOC(C(=O)Cc2cccc(F)c2F)C1. The number of hydrogen-bond donors (Lipinski definition) is 0. The summed E-state index contributed by atoms with van der Waals surface area (Å²) in [6, 6.07) is 3.87. The van der Waals surface area contributed by atoms with E-state index in [9.17, 15) is 13.6 Å². The third kappa shape index (κ3) is 3.36. The summed E-state index contributed by atoms with van der Waals surface area (Å²) < 4.78 is 32.0. The van der Waals surface area contributed by atoms with E-state index < -0.39 is 17.7 Å². The molecule has 1 aromatic rings. The van der Waals surface area contributed by atoms with E-state index in [0.29, 0.717) is 13.2 Å². The normalized spacial score (nSPS) is 20.5. The molecule has 2 rings (SSSR count). The number of morpholine rings is 1. The van der Waals surface area contributed by atoms with Crippen molar-refractivity contribution in [3.8, 4) is 0 Å². The molecule has 1 atom stereocenters. The van der Waals surface area contributed by atoms with Gasteiger partial charge in [0.05, 0.1) is 6.61 Å². The molecule has 1 aromatic carbocycles. The van der Waals surface area contributed by atoms with Gasteiger partial charge in [-0.05, 0) is 18.2 Å². The summed E-state index contributed by atoms with van der Waals surface area (Å²) in [5.74, 6) is -2.08. The van der Waals surface area contributed by atoms with Crippen LogP contribution in [0.1, 0.15) is 12.5 Å². The lowest BCUT2D eigenvalue weighted by Crippen LogP contribution is -2.46. The van der Waals surface area contributed by atoms with E-state index in [-0.39, 0.29) is 17.8 Å². The maximum Gasteiger partial charge on any atom is 0.167 e. The Morgan fingerprint density at radius 1 is 1.47 bits per heavy atom. The van der Waals surface area contributed by atoms with Gasteiger partial charge >= 0.3 is 0 Å². The van der Waals surface area contributed by atoms with Crippen molar-refractivity contribution in [3.63, 3.8) is 0 Å². The Labute approximate surface area is 111 Å². The number of ether oxygens (including phenoxy) is 1. The molecule has 3 nitrogen and oxygen atoms in total. The predicted molar refractivity (Wildman–Crippen MR) is 66.9 cm³/mol. The molecule has 104 valence electrons. The van der Waals surface area contributed by atoms with Crippen molar-refractivity contribution < 1.29 is 18.3 Å². The molecule has 0 spiro atoms. The Kier molecular flexibility index (Phi) is 4.61. The zero-order valence-corrected chi connectivity index (χ0v) is 10.9. The molecular formula is C14H17F2NO2. The molecule has 0 amide bonds. The first kappa shape index (κ1) is 14.1. The van der Waals surface area contributed by atoms with Gasteiger partial charge in [-0.15, -0.1) is 0 Å². The van der Waals surface area contributed by atoms with Crippen LogP contribution in [0.25, 0.3) is 0 Å². The number of nitrogens with zero attached hydrogens (tertiary/aromatic N) is 1. The maximum absolute atomic E-state index is 13.5. The van der Waals surface area contributed by atoms with Crippen LogP contribution in [0.5, 0.6) is 0 Å². The largest absolute Gasteiger partial charge is 0.368 e. The van der Waals surface area contributed by atoms with Gasteiger partial charge in [0.15, 0.2) is 17.4 Å². The van der Waals surface area contributed by atoms with Crippen LogP contribution in [0.4, 0.5) is 8.78 Å². The summed E-state index contributed by atoms with van der Waals surface area (Å²) >= 11 is 0. The standard InChI is InChI=1S/C14H17F2NO2/c1-2-17-6-7-19-13(9-17)12(18)8-10-4-3-5-11(15)14(10)16/h3-5,13H,2,6-9H2,1H3. The molecule has 1 aliphatic rings. The molecule has 0 N–H and O–H groups in total. The Bertz CT molecular complexity index is 465. The Balaban J connectivity index is 2.02. The van der Waals surface area contributed by atoms with Crippen molar-refractivity contribution in [2.75, 3.05) is 26.2 Å². The van der Waals surface area contributed by atoms with Crippen LogP contribution in [0.3, 0.4) is 0 Å². The van der Waals surface area contributed by atoms with Crippen molar-refractivity contribution in [1.82, 2.24) is 4.90 Å². The van der Waals surface area contributed by atoms with Crippen molar-refractivity contribution >= 4 is 5.78 Å². The van der Waals surface area contributed by atoms with Gasteiger partial charge in [0, 0.05) is 19.5 Å². The van der Waals surface area contributed by atoms with Crippen molar-refractivity contribution in [2.24, 2.45) is 0 Å². The highest BCUT2D eigenvalue weighted by molar-refractivity contribution is 5.85. The van der Waals surface area contributed by atoms with Crippen LogP contribution in [0, 0.1) is 11.6 Å². The van der Waals surface area contributed by atoms with Gasteiger partial charge in [0.25, 0.3) is 0 Å². The van der Waals surface area contributed by atoms with E-state index in [1.807, 2.05) is 6.92 Å². The monoisotopic (exact) mass is 269 g/mol. The fourth-order valence-electron chi connectivity index (χ4n) is 2.17. The van der Waals surface area contributed by atoms with Gasteiger partial charge in [-0.2, -0.15) is 0 Å². The molecule has 1 fully saturated rings. The Morgan fingerprint density at radius 3 is 3.00 bits per heavy atom. The topological polar surface area (TPSA) is 29.5 Å². The van der Waals surface area contributed by atoms with Gasteiger partial charge < -0.3 is 4.74 Å². The molecule has 0 bridgehead atoms. The van der Waals surface area contributed by atoms with Crippen LogP contribution in [0.2, 0.25) is 0 Å². The molecule has 5 heteroatoms. The summed E-state index contributed by atoms with van der Waals surface area (Å²) in [7, 11) is 0. The number of benzene rings is 1. The van der Waals surface area contributed by atoms with Crippen molar-refractivity contribution in [1.29, 1.82) is 0 Å². The molecule has 19 heavy (non-hydrogen) atoms. The number of hydrogen-bond acceptors (Lipinski definition) is 3. The quantitative estimate of drug-likeness (QED) is 0.834. The minimum atomic E-state index is -0.945. The van der Waals surface area contributed by atoms with Crippen LogP contribution >= 0.6 is 0 Å². The first-order chi connectivity index (χ1) is 9.11. The zero-order valence-electron chi connectivity index (χ0n) is 10.9. The number of rotatable bonds is 4. The molecule has 1 unspecified atom stereocenters. The third-order valence-electron chi connectivity index (χ3n) is 3.35. The van der Waals surface area contributed by atoms with Crippen LogP contribution in [0.15, 0.2) is 18.2 Å². The second kappa shape index (κ2) is 6.21. The highest BCUT2D eigenvalue weighted by atomic mass is 19.2. The van der Waals surface area contributed by atoms with Gasteiger partial charge in [0.1, 0.15) is 6.10 Å². The zero-order chi connectivity index (χ0) is 13.8. The number of Topliss-reactive ketones (excluding diaryl/α,β-unsaturated/α-hetero) is 1. The van der Waals surface area contributed by atoms with E-state index in [2.05, 4.69) is 4.90 Å². The molecule has 0 aromatic heterocycles. The van der Waals surface area contributed by atoms with Crippen LogP contribution < -0.4 is 0 Å². The van der Waals surface area contributed by atoms with E-state index in [0.717, 1.165) is 19.2 Å². The average molecular weight is 269 g/mol. The highest BCUT2D eigenvalue weighted by Gasteiger charge is 2.26. The van der Waals surface area contributed by atoms with E-state index in [4.69, 9.17) is 4.74 Å². The van der Waals surface area contributed by atoms with E-state index >= 15 is 0 Å². The van der Waals surface area contributed by atoms with Crippen molar-refractivity contribution in [2.45, 2.75) is 19.4 Å².